The summed E-state index contributed by atoms with van der Waals surface area (Å²) in [6.45, 7) is 0. The van der Waals surface area contributed by atoms with Gasteiger partial charge in [0.1, 0.15) is 0 Å². The van der Waals surface area contributed by atoms with Crippen molar-refractivity contribution in [1.82, 2.24) is 0 Å². The average Bonchev–Trinajstić information content (AvgIpc) is 4.04. The van der Waals surface area contributed by atoms with Gasteiger partial charge in [-0.15, -0.1) is 22.7 Å². The molecule has 0 amide bonds. The monoisotopic (exact) mass is 952 g/mol. The number of para-hydroxylation sites is 1. The van der Waals surface area contributed by atoms with Crippen molar-refractivity contribution in [3.05, 3.63) is 267 Å². The van der Waals surface area contributed by atoms with Crippen molar-refractivity contribution in [2.45, 2.75) is 0 Å². The van der Waals surface area contributed by atoms with Crippen LogP contribution in [0.1, 0.15) is 0 Å². The lowest BCUT2D eigenvalue weighted by Crippen LogP contribution is -2.12. The Balaban J connectivity index is 0.968. The predicted molar refractivity (Wildman–Crippen MR) is 313 cm³/mol. The number of anilines is 6. The van der Waals surface area contributed by atoms with E-state index in [0.717, 1.165) is 45.3 Å². The second-order valence-corrected chi connectivity index (χ2v) is 20.6. The van der Waals surface area contributed by atoms with Crippen LogP contribution in [0.2, 0.25) is 0 Å². The van der Waals surface area contributed by atoms with Crippen molar-refractivity contribution in [2.75, 3.05) is 9.80 Å². The third kappa shape index (κ3) is 7.23. The van der Waals surface area contributed by atoms with Gasteiger partial charge in [0, 0.05) is 63.0 Å². The van der Waals surface area contributed by atoms with E-state index in [-0.39, 0.29) is 0 Å². The Bertz CT molecular complexity index is 4360. The summed E-state index contributed by atoms with van der Waals surface area (Å²) < 4.78 is 5.13. The van der Waals surface area contributed by atoms with E-state index in [9.17, 15) is 0 Å². The minimum Gasteiger partial charge on any atom is -0.310 e. The van der Waals surface area contributed by atoms with Crippen molar-refractivity contribution >= 4 is 119 Å². The zero-order valence-corrected chi connectivity index (χ0v) is 40.7. The van der Waals surface area contributed by atoms with Crippen molar-refractivity contribution < 1.29 is 0 Å². The molecule has 0 aliphatic carbocycles. The fraction of sp³-hybridized carbons (Fsp3) is 0. The molecular weight excluding hydrogens is 909 g/mol. The van der Waals surface area contributed by atoms with Crippen LogP contribution < -0.4 is 9.80 Å². The third-order valence-corrected chi connectivity index (χ3v) is 16.5. The van der Waals surface area contributed by atoms with Gasteiger partial charge in [0.05, 0.1) is 17.1 Å². The number of fused-ring (bicyclic) bond motifs is 9. The van der Waals surface area contributed by atoms with Crippen LogP contribution >= 0.6 is 22.7 Å². The topological polar surface area (TPSA) is 6.48 Å². The number of benzene rings is 12. The van der Waals surface area contributed by atoms with Gasteiger partial charge >= 0.3 is 0 Å². The molecule has 12 aromatic carbocycles. The van der Waals surface area contributed by atoms with Gasteiger partial charge in [-0.3, -0.25) is 0 Å². The van der Waals surface area contributed by atoms with E-state index < -0.39 is 0 Å². The van der Waals surface area contributed by atoms with E-state index in [2.05, 4.69) is 277 Å². The van der Waals surface area contributed by atoms with Crippen LogP contribution in [-0.4, -0.2) is 0 Å². The smallest absolute Gasteiger partial charge is 0.0555 e. The van der Waals surface area contributed by atoms with Gasteiger partial charge in [-0.1, -0.05) is 188 Å². The SMILES string of the molecule is c1ccc(-c2ccc(N(c3ccccc3-c3cccc(N(c4cccc(-c5ccc6ccccc6c5)c4)c4cccc5sc6ccccc6c45)c3)c3cccc4sc5c6ccccc6ccc5c34)cc2)cc1. The van der Waals surface area contributed by atoms with Crippen molar-refractivity contribution in [3.63, 3.8) is 0 Å². The Hall–Kier alpha value is -8.80. The molecule has 338 valence electrons. The van der Waals surface area contributed by atoms with E-state index in [1.54, 1.807) is 0 Å². The molecule has 2 aromatic heterocycles. The number of rotatable bonds is 9. The van der Waals surface area contributed by atoms with Crippen molar-refractivity contribution in [2.24, 2.45) is 0 Å². The summed E-state index contributed by atoms with van der Waals surface area (Å²) in [5.41, 5.74) is 13.7. The number of hydrogen-bond donors (Lipinski definition) is 0. The number of hydrogen-bond acceptors (Lipinski definition) is 4. The molecule has 0 aliphatic rings. The first-order valence-electron chi connectivity index (χ1n) is 24.5. The molecule has 0 aliphatic heterocycles. The highest BCUT2D eigenvalue weighted by atomic mass is 32.1. The highest BCUT2D eigenvalue weighted by Gasteiger charge is 2.24. The fourth-order valence-electron chi connectivity index (χ4n) is 10.9. The van der Waals surface area contributed by atoms with Crippen LogP contribution in [0.5, 0.6) is 0 Å². The lowest BCUT2D eigenvalue weighted by atomic mass is 9.98. The maximum absolute atomic E-state index is 2.49. The van der Waals surface area contributed by atoms with Gasteiger partial charge in [0.2, 0.25) is 0 Å². The van der Waals surface area contributed by atoms with Crippen LogP contribution in [0.25, 0.3) is 95.3 Å². The van der Waals surface area contributed by atoms with Crippen LogP contribution in [0.4, 0.5) is 34.1 Å². The van der Waals surface area contributed by atoms with E-state index in [1.807, 2.05) is 22.7 Å². The van der Waals surface area contributed by atoms with Gasteiger partial charge in [-0.2, -0.15) is 0 Å². The van der Waals surface area contributed by atoms with Crippen molar-refractivity contribution in [3.8, 4) is 33.4 Å². The molecule has 0 spiro atoms. The summed E-state index contributed by atoms with van der Waals surface area (Å²) in [6.07, 6.45) is 0. The van der Waals surface area contributed by atoms with Crippen LogP contribution in [0.15, 0.2) is 267 Å². The normalized spacial score (nSPS) is 11.6. The molecule has 0 fully saturated rings. The third-order valence-electron chi connectivity index (χ3n) is 14.2. The molecule has 72 heavy (non-hydrogen) atoms. The molecule has 2 nitrogen and oxygen atoms in total. The summed E-state index contributed by atoms with van der Waals surface area (Å²) in [7, 11) is 0. The summed E-state index contributed by atoms with van der Waals surface area (Å²) in [4.78, 5) is 4.96. The highest BCUT2D eigenvalue weighted by Crippen LogP contribution is 2.50. The van der Waals surface area contributed by atoms with E-state index in [0.29, 0.717) is 0 Å². The number of nitrogens with zero attached hydrogens (tertiary/aromatic N) is 2. The first-order chi connectivity index (χ1) is 35.7. The summed E-state index contributed by atoms with van der Waals surface area (Å²) in [5.74, 6) is 0. The molecule has 0 N–H and O–H groups in total. The molecular formula is C68H44N2S2. The quantitative estimate of drug-likeness (QED) is 0.142. The highest BCUT2D eigenvalue weighted by molar-refractivity contribution is 7.27. The lowest BCUT2D eigenvalue weighted by Gasteiger charge is -2.30. The molecule has 0 saturated heterocycles. The van der Waals surface area contributed by atoms with Gasteiger partial charge in [0.25, 0.3) is 0 Å². The Morgan fingerprint density at radius 3 is 1.60 bits per heavy atom. The summed E-state index contributed by atoms with van der Waals surface area (Å²) in [5, 5.41) is 10.1. The molecule has 0 unspecified atom stereocenters. The largest absolute Gasteiger partial charge is 0.310 e. The van der Waals surface area contributed by atoms with Crippen LogP contribution in [0, 0.1) is 0 Å². The van der Waals surface area contributed by atoms with E-state index in [4.69, 9.17) is 0 Å². The minimum absolute atomic E-state index is 1.08. The van der Waals surface area contributed by atoms with Crippen molar-refractivity contribution in [1.29, 1.82) is 0 Å². The Morgan fingerprint density at radius 1 is 0.250 bits per heavy atom. The maximum Gasteiger partial charge on any atom is 0.0555 e. The Labute approximate surface area is 426 Å². The zero-order valence-electron chi connectivity index (χ0n) is 39.1. The summed E-state index contributed by atoms with van der Waals surface area (Å²) >= 11 is 3.74. The van der Waals surface area contributed by atoms with Gasteiger partial charge in [-0.25, -0.2) is 0 Å². The van der Waals surface area contributed by atoms with E-state index in [1.165, 1.54) is 84.1 Å². The molecule has 4 heteroatoms. The summed E-state index contributed by atoms with van der Waals surface area (Å²) in [6, 6.07) is 98.1. The molecule has 2 heterocycles. The predicted octanol–water partition coefficient (Wildman–Crippen LogP) is 20.7. The molecule has 0 radical (unpaired) electrons. The zero-order chi connectivity index (χ0) is 47.5. The standard InChI is InChI=1S/C68H44N2S2/c1-2-16-45(17-3-1)47-36-39-53(40-37-47)70(62-30-15-33-65-67(62)59-41-38-48-19-6-7-26-57(48)68(59)72-65)60-28-10-8-25-56(60)52-22-13-24-55(44-52)69(61-29-14-32-64-66(61)58-27-9-11-31-63(58)71-64)54-23-12-21-50(43-54)51-35-34-46-18-4-5-20-49(46)42-51/h1-44H. The lowest BCUT2D eigenvalue weighted by molar-refractivity contribution is 1.29. The molecule has 14 aromatic rings. The van der Waals surface area contributed by atoms with Gasteiger partial charge in [-0.05, 0) is 128 Å². The van der Waals surface area contributed by atoms with Gasteiger partial charge < -0.3 is 9.80 Å². The van der Waals surface area contributed by atoms with E-state index >= 15 is 0 Å². The van der Waals surface area contributed by atoms with Gasteiger partial charge in [0.15, 0.2) is 0 Å². The van der Waals surface area contributed by atoms with Crippen LogP contribution in [-0.2, 0) is 0 Å². The Morgan fingerprint density at radius 2 is 0.778 bits per heavy atom. The second kappa shape index (κ2) is 17.6. The Kier molecular flexibility index (Phi) is 10.3. The maximum atomic E-state index is 2.49. The minimum atomic E-state index is 1.08. The first-order valence-corrected chi connectivity index (χ1v) is 26.1. The fourth-order valence-corrected chi connectivity index (χ4v) is 13.2. The number of thiophene rings is 2. The van der Waals surface area contributed by atoms with Crippen LogP contribution in [0.3, 0.4) is 0 Å². The molecule has 14 rings (SSSR count). The second-order valence-electron chi connectivity index (χ2n) is 18.4. The first kappa shape index (κ1) is 42.1. The molecule has 0 atom stereocenters. The average molecular weight is 953 g/mol. The molecule has 0 saturated carbocycles. The molecule has 0 bridgehead atoms.